The van der Waals surface area contributed by atoms with Gasteiger partial charge in [0.2, 0.25) is 0 Å². The molecule has 0 aliphatic heterocycles. The molecule has 0 saturated heterocycles. The number of carbonyl (C=O) groups excluding carboxylic acids is 1. The van der Waals surface area contributed by atoms with E-state index in [4.69, 9.17) is 0 Å². The highest BCUT2D eigenvalue weighted by Gasteiger charge is 2.48. The van der Waals surface area contributed by atoms with Crippen LogP contribution in [0.25, 0.3) is 0 Å². The van der Waals surface area contributed by atoms with E-state index in [9.17, 15) is 31.1 Å². The van der Waals surface area contributed by atoms with Crippen LogP contribution in [0.15, 0.2) is 30.3 Å². The predicted molar refractivity (Wildman–Crippen MR) is 50.9 cm³/mol. The minimum atomic E-state index is -5.04. The highest BCUT2D eigenvalue weighted by molar-refractivity contribution is 5.87. The molecule has 0 N–H and O–H groups in total. The largest absolute Gasteiger partial charge is 0.402 e. The average molecular weight is 270 g/mol. The molecule has 0 aromatic heterocycles. The van der Waals surface area contributed by atoms with Crippen LogP contribution >= 0.6 is 0 Å². The van der Waals surface area contributed by atoms with Crippen LogP contribution in [0.3, 0.4) is 0 Å². The second kappa shape index (κ2) is 4.99. The number of benzene rings is 1. The highest BCUT2D eigenvalue weighted by atomic mass is 19.4. The molecule has 18 heavy (non-hydrogen) atoms. The topological polar surface area (TPSA) is 17.1 Å². The molecule has 1 aromatic carbocycles. The van der Waals surface area contributed by atoms with E-state index in [0.29, 0.717) is 0 Å². The van der Waals surface area contributed by atoms with Gasteiger partial charge in [-0.1, -0.05) is 30.3 Å². The van der Waals surface area contributed by atoms with Crippen molar-refractivity contribution in [3.05, 3.63) is 35.9 Å². The monoisotopic (exact) mass is 270 g/mol. The minimum Gasteiger partial charge on any atom is -0.298 e. The van der Waals surface area contributed by atoms with Crippen molar-refractivity contribution in [3.63, 3.8) is 0 Å². The molecule has 1 nitrogen and oxygen atoms in total. The third-order valence-electron chi connectivity index (χ3n) is 2.16. The summed E-state index contributed by atoms with van der Waals surface area (Å²) in [5.41, 5.74) is -0.487. The minimum absolute atomic E-state index is 0.487. The van der Waals surface area contributed by atoms with Crippen molar-refractivity contribution < 1.29 is 31.1 Å². The Kier molecular flexibility index (Phi) is 4.03. The van der Waals surface area contributed by atoms with Gasteiger partial charge in [-0.2, -0.15) is 26.3 Å². The lowest BCUT2D eigenvalue weighted by atomic mass is 9.92. The molecular weight excluding hydrogens is 262 g/mol. The maximum atomic E-state index is 12.6. The van der Waals surface area contributed by atoms with Gasteiger partial charge in [0.15, 0.2) is 5.78 Å². The van der Waals surface area contributed by atoms with Crippen molar-refractivity contribution in [2.45, 2.75) is 24.7 Å². The first-order chi connectivity index (χ1) is 8.11. The summed E-state index contributed by atoms with van der Waals surface area (Å²) >= 11 is 0. The van der Waals surface area contributed by atoms with E-state index in [2.05, 4.69) is 0 Å². The van der Waals surface area contributed by atoms with E-state index < -0.39 is 36.0 Å². The SMILES string of the molecule is O=C(CC(F)(F)F)C(c1ccccc1)C(F)(F)F. The third-order valence-corrected chi connectivity index (χ3v) is 2.16. The molecule has 0 saturated carbocycles. The molecule has 0 aliphatic rings. The van der Waals surface area contributed by atoms with Gasteiger partial charge in [-0.05, 0) is 5.56 Å². The predicted octanol–water partition coefficient (Wildman–Crippen LogP) is 3.85. The molecule has 1 atom stereocenters. The van der Waals surface area contributed by atoms with Crippen molar-refractivity contribution in [2.75, 3.05) is 0 Å². The molecule has 0 aliphatic carbocycles. The van der Waals surface area contributed by atoms with Crippen molar-refractivity contribution >= 4 is 5.78 Å². The maximum Gasteiger partial charge on any atom is 0.402 e. The number of ketones is 1. The molecule has 1 unspecified atom stereocenters. The Labute approximate surface area is 98.4 Å². The van der Waals surface area contributed by atoms with Crippen LogP contribution in [-0.2, 0) is 4.79 Å². The zero-order valence-corrected chi connectivity index (χ0v) is 8.85. The molecule has 1 aromatic rings. The number of Topliss-reactive ketones (excluding diaryl/α,β-unsaturated/α-hetero) is 1. The average Bonchev–Trinajstić information content (AvgIpc) is 2.13. The normalized spacial score (nSPS) is 14.3. The van der Waals surface area contributed by atoms with Crippen molar-refractivity contribution in [1.29, 1.82) is 0 Å². The van der Waals surface area contributed by atoms with Crippen LogP contribution < -0.4 is 0 Å². The number of carbonyl (C=O) groups is 1. The highest BCUT2D eigenvalue weighted by Crippen LogP contribution is 2.38. The lowest BCUT2D eigenvalue weighted by molar-refractivity contribution is -0.177. The third kappa shape index (κ3) is 4.05. The lowest BCUT2D eigenvalue weighted by Gasteiger charge is -2.20. The van der Waals surface area contributed by atoms with Gasteiger partial charge in [0.25, 0.3) is 0 Å². The van der Waals surface area contributed by atoms with Crippen molar-refractivity contribution in [2.24, 2.45) is 0 Å². The molecule has 0 spiro atoms. The maximum absolute atomic E-state index is 12.6. The number of halogens is 6. The molecule has 0 amide bonds. The Hall–Kier alpha value is -1.53. The van der Waals surface area contributed by atoms with Gasteiger partial charge in [-0.3, -0.25) is 4.79 Å². The molecule has 0 bridgehead atoms. The Morgan fingerprint density at radius 1 is 1.00 bits per heavy atom. The van der Waals surface area contributed by atoms with E-state index in [1.807, 2.05) is 0 Å². The van der Waals surface area contributed by atoms with Crippen LogP contribution in [-0.4, -0.2) is 18.1 Å². The summed E-state index contributed by atoms with van der Waals surface area (Å²) in [6.45, 7) is 0. The first kappa shape index (κ1) is 14.5. The zero-order valence-electron chi connectivity index (χ0n) is 8.85. The molecule has 7 heteroatoms. The second-order valence-electron chi connectivity index (χ2n) is 3.64. The Bertz CT molecular complexity index is 406. The van der Waals surface area contributed by atoms with Gasteiger partial charge in [-0.25, -0.2) is 0 Å². The molecule has 100 valence electrons. The fourth-order valence-electron chi connectivity index (χ4n) is 1.50. The fraction of sp³-hybridized carbons (Fsp3) is 0.364. The van der Waals surface area contributed by atoms with Gasteiger partial charge >= 0.3 is 12.4 Å². The molecule has 0 heterocycles. The van der Waals surface area contributed by atoms with Gasteiger partial charge in [-0.15, -0.1) is 0 Å². The zero-order chi connectivity index (χ0) is 14.0. The van der Waals surface area contributed by atoms with Crippen molar-refractivity contribution in [1.82, 2.24) is 0 Å². The number of hydrogen-bond acceptors (Lipinski definition) is 1. The number of rotatable bonds is 3. The number of alkyl halides is 6. The van der Waals surface area contributed by atoms with Gasteiger partial charge in [0.1, 0.15) is 12.3 Å². The lowest BCUT2D eigenvalue weighted by Crippen LogP contribution is -2.31. The van der Waals surface area contributed by atoms with Crippen LogP contribution in [0.1, 0.15) is 17.9 Å². The summed E-state index contributed by atoms with van der Waals surface area (Å²) in [5, 5.41) is 0. The number of hydrogen-bond donors (Lipinski definition) is 0. The van der Waals surface area contributed by atoms with Crippen LogP contribution in [0.2, 0.25) is 0 Å². The quantitative estimate of drug-likeness (QED) is 0.762. The smallest absolute Gasteiger partial charge is 0.298 e. The van der Waals surface area contributed by atoms with Crippen LogP contribution in [0, 0.1) is 0 Å². The Morgan fingerprint density at radius 2 is 1.50 bits per heavy atom. The summed E-state index contributed by atoms with van der Waals surface area (Å²) in [5.74, 6) is -4.64. The van der Waals surface area contributed by atoms with Crippen molar-refractivity contribution in [3.8, 4) is 0 Å². The second-order valence-corrected chi connectivity index (χ2v) is 3.64. The first-order valence-electron chi connectivity index (χ1n) is 4.82. The van der Waals surface area contributed by atoms with Crippen LogP contribution in [0.5, 0.6) is 0 Å². The van der Waals surface area contributed by atoms with E-state index >= 15 is 0 Å². The Morgan fingerprint density at radius 3 is 1.89 bits per heavy atom. The molecular formula is C11H8F6O. The first-order valence-corrected chi connectivity index (χ1v) is 4.82. The molecule has 0 radical (unpaired) electrons. The fourth-order valence-corrected chi connectivity index (χ4v) is 1.50. The van der Waals surface area contributed by atoms with Gasteiger partial charge < -0.3 is 0 Å². The summed E-state index contributed by atoms with van der Waals surface area (Å²) in [6, 6.07) is 5.83. The summed E-state index contributed by atoms with van der Waals surface area (Å²) in [4.78, 5) is 11.2. The van der Waals surface area contributed by atoms with E-state index in [-0.39, 0.29) is 0 Å². The summed E-state index contributed by atoms with van der Waals surface area (Å²) in [6.07, 6.45) is -12.1. The van der Waals surface area contributed by atoms with Crippen LogP contribution in [0.4, 0.5) is 26.3 Å². The summed E-state index contributed by atoms with van der Waals surface area (Å²) < 4.78 is 73.9. The Balaban J connectivity index is 3.05. The summed E-state index contributed by atoms with van der Waals surface area (Å²) in [7, 11) is 0. The van der Waals surface area contributed by atoms with E-state index in [1.165, 1.54) is 18.2 Å². The van der Waals surface area contributed by atoms with E-state index in [1.54, 1.807) is 0 Å². The molecule has 0 fully saturated rings. The van der Waals surface area contributed by atoms with Gasteiger partial charge in [0, 0.05) is 0 Å². The molecule has 1 rings (SSSR count). The standard InChI is InChI=1S/C11H8F6O/c12-10(13,14)6-8(18)9(11(15,16)17)7-4-2-1-3-5-7/h1-5,9H,6H2. The van der Waals surface area contributed by atoms with Gasteiger partial charge in [0.05, 0.1) is 0 Å². The van der Waals surface area contributed by atoms with E-state index in [0.717, 1.165) is 12.1 Å².